The molecular formula is C22H17FN2O2S. The van der Waals surface area contributed by atoms with Gasteiger partial charge in [0.05, 0.1) is 16.8 Å². The van der Waals surface area contributed by atoms with Gasteiger partial charge in [0.1, 0.15) is 11.6 Å². The number of fused-ring (bicyclic) bond motifs is 1. The average Bonchev–Trinajstić information content (AvgIpc) is 3.16. The van der Waals surface area contributed by atoms with E-state index in [1.807, 2.05) is 36.4 Å². The van der Waals surface area contributed by atoms with Gasteiger partial charge >= 0.3 is 0 Å². The third-order valence-corrected chi connectivity index (χ3v) is 6.09. The molecule has 0 radical (unpaired) electrons. The van der Waals surface area contributed by atoms with E-state index in [-0.39, 0.29) is 23.6 Å². The summed E-state index contributed by atoms with van der Waals surface area (Å²) in [7, 11) is 0. The summed E-state index contributed by atoms with van der Waals surface area (Å²) in [5.74, 6) is 0.860. The summed E-state index contributed by atoms with van der Waals surface area (Å²) in [4.78, 5) is 17.0. The minimum atomic E-state index is -0.241. The number of para-hydroxylation sites is 1. The van der Waals surface area contributed by atoms with Gasteiger partial charge in [0.25, 0.3) is 0 Å². The van der Waals surface area contributed by atoms with Crippen molar-refractivity contribution in [2.75, 3.05) is 0 Å². The first-order valence-electron chi connectivity index (χ1n) is 9.16. The number of halogens is 1. The minimum Gasteiger partial charge on any atom is -0.457 e. The van der Waals surface area contributed by atoms with E-state index in [9.17, 15) is 9.18 Å². The summed E-state index contributed by atoms with van der Waals surface area (Å²) < 4.78 is 20.8. The first-order chi connectivity index (χ1) is 13.7. The largest absolute Gasteiger partial charge is 0.457 e. The van der Waals surface area contributed by atoms with Gasteiger partial charge in [-0.3, -0.25) is 4.79 Å². The van der Waals surface area contributed by atoms with Crippen molar-refractivity contribution in [3.63, 3.8) is 0 Å². The molecule has 140 valence electrons. The second-order valence-electron chi connectivity index (χ2n) is 6.94. The van der Waals surface area contributed by atoms with Crippen LogP contribution in [0.5, 0.6) is 0 Å². The van der Waals surface area contributed by atoms with Crippen molar-refractivity contribution in [2.45, 2.75) is 18.9 Å². The predicted molar refractivity (Wildman–Crippen MR) is 106 cm³/mol. The number of carbonyl (C=O) groups excluding carboxylic acids is 1. The van der Waals surface area contributed by atoms with E-state index in [1.54, 1.807) is 29.5 Å². The number of carbonyl (C=O) groups is 1. The molecule has 1 aliphatic rings. The van der Waals surface area contributed by atoms with E-state index in [1.165, 1.54) is 6.07 Å². The van der Waals surface area contributed by atoms with Gasteiger partial charge in [0.15, 0.2) is 10.8 Å². The summed E-state index contributed by atoms with van der Waals surface area (Å²) in [5.41, 5.74) is 1.57. The molecule has 2 aromatic heterocycles. The number of thiazole rings is 1. The van der Waals surface area contributed by atoms with Gasteiger partial charge in [0.2, 0.25) is 5.91 Å². The molecule has 0 bridgehead atoms. The number of benzene rings is 2. The molecule has 2 heterocycles. The molecule has 4 aromatic rings. The van der Waals surface area contributed by atoms with E-state index in [4.69, 9.17) is 4.42 Å². The molecule has 1 aliphatic carbocycles. The fourth-order valence-corrected chi connectivity index (χ4v) is 4.40. The van der Waals surface area contributed by atoms with Gasteiger partial charge in [0, 0.05) is 5.92 Å². The Kier molecular flexibility index (Phi) is 4.20. The summed E-state index contributed by atoms with van der Waals surface area (Å²) in [6, 6.07) is 18.3. The Morgan fingerprint density at radius 1 is 1.14 bits per heavy atom. The van der Waals surface area contributed by atoms with Crippen LogP contribution in [-0.4, -0.2) is 10.9 Å². The molecule has 0 saturated heterocycles. The first kappa shape index (κ1) is 17.1. The molecule has 1 N–H and O–H groups in total. The van der Waals surface area contributed by atoms with Crippen LogP contribution in [0.4, 0.5) is 4.39 Å². The maximum Gasteiger partial charge on any atom is 0.224 e. The van der Waals surface area contributed by atoms with Gasteiger partial charge in [-0.05, 0) is 48.2 Å². The molecule has 2 aromatic carbocycles. The molecule has 28 heavy (non-hydrogen) atoms. The lowest BCUT2D eigenvalue weighted by atomic mass is 10.1. The highest BCUT2D eigenvalue weighted by molar-refractivity contribution is 7.21. The van der Waals surface area contributed by atoms with E-state index in [0.29, 0.717) is 30.0 Å². The number of amides is 1. The standard InChI is InChI=1S/C22H17FN2O2S/c23-17-6-2-1-5-14(17)15-11-16(15)21(26)24-12-13-9-10-19(27-13)22-25-18-7-3-4-8-20(18)28-22/h1-10,15-16H,11-12H2,(H,24,26). The van der Waals surface area contributed by atoms with Crippen LogP contribution in [0.15, 0.2) is 65.1 Å². The lowest BCUT2D eigenvalue weighted by molar-refractivity contribution is -0.122. The van der Waals surface area contributed by atoms with Crippen molar-refractivity contribution in [1.82, 2.24) is 10.3 Å². The molecule has 5 rings (SSSR count). The Balaban J connectivity index is 1.22. The fraction of sp³-hybridized carbons (Fsp3) is 0.182. The summed E-state index contributed by atoms with van der Waals surface area (Å²) in [6.07, 6.45) is 0.682. The zero-order valence-electron chi connectivity index (χ0n) is 14.9. The number of rotatable bonds is 5. The Labute approximate surface area is 165 Å². The van der Waals surface area contributed by atoms with Crippen LogP contribution in [-0.2, 0) is 11.3 Å². The van der Waals surface area contributed by atoms with E-state index < -0.39 is 0 Å². The number of furan rings is 1. The predicted octanol–water partition coefficient (Wildman–Crippen LogP) is 5.12. The highest BCUT2D eigenvalue weighted by atomic mass is 32.1. The van der Waals surface area contributed by atoms with Crippen molar-refractivity contribution >= 4 is 27.5 Å². The van der Waals surface area contributed by atoms with Crippen molar-refractivity contribution in [2.24, 2.45) is 5.92 Å². The van der Waals surface area contributed by atoms with Gasteiger partial charge in [-0.25, -0.2) is 9.37 Å². The molecule has 2 atom stereocenters. The monoisotopic (exact) mass is 392 g/mol. The molecule has 1 fully saturated rings. The quantitative estimate of drug-likeness (QED) is 0.513. The van der Waals surface area contributed by atoms with Crippen molar-refractivity contribution < 1.29 is 13.6 Å². The molecule has 1 saturated carbocycles. The Bertz CT molecular complexity index is 1130. The zero-order valence-corrected chi connectivity index (χ0v) is 15.7. The van der Waals surface area contributed by atoms with E-state index in [0.717, 1.165) is 15.2 Å². The third kappa shape index (κ3) is 3.20. The van der Waals surface area contributed by atoms with Crippen LogP contribution >= 0.6 is 11.3 Å². The lowest BCUT2D eigenvalue weighted by Gasteiger charge is -2.04. The van der Waals surface area contributed by atoms with E-state index in [2.05, 4.69) is 10.3 Å². The summed E-state index contributed by atoms with van der Waals surface area (Å²) in [5, 5.41) is 3.72. The Morgan fingerprint density at radius 2 is 1.96 bits per heavy atom. The van der Waals surface area contributed by atoms with Crippen LogP contribution in [0, 0.1) is 11.7 Å². The topological polar surface area (TPSA) is 55.1 Å². The van der Waals surface area contributed by atoms with Crippen LogP contribution in [0.2, 0.25) is 0 Å². The molecule has 6 heteroatoms. The maximum atomic E-state index is 13.9. The van der Waals surface area contributed by atoms with E-state index >= 15 is 0 Å². The Morgan fingerprint density at radius 3 is 2.82 bits per heavy atom. The van der Waals surface area contributed by atoms with Gasteiger partial charge < -0.3 is 9.73 Å². The normalized spacial score (nSPS) is 18.3. The third-order valence-electron chi connectivity index (χ3n) is 5.04. The van der Waals surface area contributed by atoms with Crippen LogP contribution in [0.3, 0.4) is 0 Å². The van der Waals surface area contributed by atoms with Gasteiger partial charge in [-0.15, -0.1) is 11.3 Å². The summed E-state index contributed by atoms with van der Waals surface area (Å²) >= 11 is 1.57. The summed E-state index contributed by atoms with van der Waals surface area (Å²) in [6.45, 7) is 0.310. The molecular weight excluding hydrogens is 375 g/mol. The highest BCUT2D eigenvalue weighted by Gasteiger charge is 2.45. The number of nitrogens with zero attached hydrogens (tertiary/aromatic N) is 1. The smallest absolute Gasteiger partial charge is 0.224 e. The molecule has 0 aliphatic heterocycles. The van der Waals surface area contributed by atoms with Crippen molar-refractivity contribution in [3.05, 3.63) is 77.8 Å². The number of hydrogen-bond donors (Lipinski definition) is 1. The molecule has 2 unspecified atom stereocenters. The molecule has 0 spiro atoms. The molecule has 4 nitrogen and oxygen atoms in total. The fourth-order valence-electron chi connectivity index (χ4n) is 3.48. The van der Waals surface area contributed by atoms with Crippen molar-refractivity contribution in [1.29, 1.82) is 0 Å². The number of nitrogens with one attached hydrogen (secondary N) is 1. The Hall–Kier alpha value is -2.99. The lowest BCUT2D eigenvalue weighted by Crippen LogP contribution is -2.24. The van der Waals surface area contributed by atoms with Crippen LogP contribution in [0.25, 0.3) is 21.0 Å². The van der Waals surface area contributed by atoms with Crippen LogP contribution in [0.1, 0.15) is 23.7 Å². The SMILES string of the molecule is O=C(NCc1ccc(-c2nc3ccccc3s2)o1)C1CC1c1ccccc1F. The number of hydrogen-bond acceptors (Lipinski definition) is 4. The zero-order chi connectivity index (χ0) is 19.1. The van der Waals surface area contributed by atoms with Gasteiger partial charge in [-0.2, -0.15) is 0 Å². The average molecular weight is 392 g/mol. The minimum absolute atomic E-state index is 0.0314. The second-order valence-corrected chi connectivity index (χ2v) is 7.97. The van der Waals surface area contributed by atoms with Crippen LogP contribution < -0.4 is 5.32 Å². The molecule has 1 amide bonds. The van der Waals surface area contributed by atoms with Gasteiger partial charge in [-0.1, -0.05) is 30.3 Å². The highest BCUT2D eigenvalue weighted by Crippen LogP contribution is 2.48. The first-order valence-corrected chi connectivity index (χ1v) is 9.97. The second kappa shape index (κ2) is 6.87. The van der Waals surface area contributed by atoms with Crippen molar-refractivity contribution in [3.8, 4) is 10.8 Å². The maximum absolute atomic E-state index is 13.9. The number of aromatic nitrogens is 1.